The minimum Gasteiger partial charge on any atom is -0.478 e. The van der Waals surface area contributed by atoms with E-state index in [1.54, 1.807) is 0 Å². The molecule has 0 fully saturated rings. The third-order valence-electron chi connectivity index (χ3n) is 1.63. The molecule has 2 heteroatoms. The van der Waals surface area contributed by atoms with Crippen LogP contribution in [0.4, 0.5) is 0 Å². The Kier molecular flexibility index (Phi) is 5.53. The number of carboxylic acid groups (broad SMARTS) is 1. The molecule has 11 heavy (non-hydrogen) atoms. The molecular formula is C9H16O2. The van der Waals surface area contributed by atoms with Gasteiger partial charge < -0.3 is 5.11 Å². The summed E-state index contributed by atoms with van der Waals surface area (Å²) < 4.78 is 0. The van der Waals surface area contributed by atoms with Gasteiger partial charge in [-0.25, -0.2) is 4.79 Å². The van der Waals surface area contributed by atoms with Crippen molar-refractivity contribution in [3.63, 3.8) is 0 Å². The molecule has 0 unspecified atom stereocenters. The van der Waals surface area contributed by atoms with E-state index in [0.717, 1.165) is 12.8 Å². The van der Waals surface area contributed by atoms with Gasteiger partial charge in [-0.05, 0) is 12.8 Å². The number of hydrogen-bond acceptors (Lipinski definition) is 1. The van der Waals surface area contributed by atoms with Crippen molar-refractivity contribution in [2.45, 2.75) is 39.0 Å². The van der Waals surface area contributed by atoms with E-state index in [2.05, 4.69) is 13.5 Å². The van der Waals surface area contributed by atoms with E-state index in [4.69, 9.17) is 5.11 Å². The molecule has 0 rings (SSSR count). The summed E-state index contributed by atoms with van der Waals surface area (Å²) in [7, 11) is 0. The fraction of sp³-hybridized carbons (Fsp3) is 0.667. The first kappa shape index (κ1) is 10.2. The average molecular weight is 156 g/mol. The van der Waals surface area contributed by atoms with Gasteiger partial charge in [0.15, 0.2) is 0 Å². The second kappa shape index (κ2) is 5.96. The van der Waals surface area contributed by atoms with Crippen LogP contribution in [0.15, 0.2) is 12.2 Å². The van der Waals surface area contributed by atoms with Crippen molar-refractivity contribution in [3.8, 4) is 0 Å². The summed E-state index contributed by atoms with van der Waals surface area (Å²) in [4.78, 5) is 10.3. The molecule has 0 saturated heterocycles. The molecule has 2 nitrogen and oxygen atoms in total. The van der Waals surface area contributed by atoms with Crippen LogP contribution >= 0.6 is 0 Å². The first-order valence-corrected chi connectivity index (χ1v) is 4.09. The fourth-order valence-corrected chi connectivity index (χ4v) is 0.872. The minimum absolute atomic E-state index is 0.334. The Labute approximate surface area is 67.9 Å². The van der Waals surface area contributed by atoms with E-state index < -0.39 is 5.97 Å². The first-order chi connectivity index (χ1) is 5.18. The summed E-state index contributed by atoms with van der Waals surface area (Å²) >= 11 is 0. The van der Waals surface area contributed by atoms with Gasteiger partial charge in [-0.1, -0.05) is 32.8 Å². The molecule has 1 N–H and O–H groups in total. The van der Waals surface area contributed by atoms with E-state index in [1.165, 1.54) is 12.8 Å². The molecule has 0 aromatic rings. The van der Waals surface area contributed by atoms with Gasteiger partial charge >= 0.3 is 5.97 Å². The van der Waals surface area contributed by atoms with Gasteiger partial charge in [-0.3, -0.25) is 0 Å². The highest BCUT2D eigenvalue weighted by Gasteiger charge is 2.01. The summed E-state index contributed by atoms with van der Waals surface area (Å²) in [6.07, 6.45) is 5.07. The van der Waals surface area contributed by atoms with Gasteiger partial charge in [0, 0.05) is 5.57 Å². The zero-order chi connectivity index (χ0) is 8.69. The van der Waals surface area contributed by atoms with Crippen molar-refractivity contribution in [1.29, 1.82) is 0 Å². The lowest BCUT2D eigenvalue weighted by Crippen LogP contribution is -1.98. The minimum atomic E-state index is -0.860. The molecular weight excluding hydrogens is 140 g/mol. The molecule has 0 radical (unpaired) electrons. The van der Waals surface area contributed by atoms with Crippen molar-refractivity contribution in [2.75, 3.05) is 0 Å². The predicted octanol–water partition coefficient (Wildman–Crippen LogP) is 2.60. The second-order valence-corrected chi connectivity index (χ2v) is 2.72. The Morgan fingerprint density at radius 2 is 2.00 bits per heavy atom. The summed E-state index contributed by atoms with van der Waals surface area (Å²) in [5.74, 6) is -0.860. The van der Waals surface area contributed by atoms with Crippen LogP contribution < -0.4 is 0 Å². The number of carboxylic acids is 1. The van der Waals surface area contributed by atoms with E-state index in [1.807, 2.05) is 0 Å². The molecule has 0 amide bonds. The first-order valence-electron chi connectivity index (χ1n) is 4.09. The molecule has 0 bridgehead atoms. The Morgan fingerprint density at radius 3 is 2.45 bits per heavy atom. The van der Waals surface area contributed by atoms with Crippen LogP contribution in [0.3, 0.4) is 0 Å². The number of carbonyl (C=O) groups is 1. The molecule has 0 aliphatic heterocycles. The van der Waals surface area contributed by atoms with Crippen LogP contribution in [0.25, 0.3) is 0 Å². The topological polar surface area (TPSA) is 37.3 Å². The molecule has 0 spiro atoms. The Balaban J connectivity index is 3.25. The van der Waals surface area contributed by atoms with Gasteiger partial charge in [0.25, 0.3) is 0 Å². The van der Waals surface area contributed by atoms with Crippen LogP contribution in [0, 0.1) is 0 Å². The number of unbranched alkanes of at least 4 members (excludes halogenated alkanes) is 3. The van der Waals surface area contributed by atoms with Crippen LogP contribution in [0.5, 0.6) is 0 Å². The fourth-order valence-electron chi connectivity index (χ4n) is 0.872. The van der Waals surface area contributed by atoms with Gasteiger partial charge in [0.05, 0.1) is 0 Å². The summed E-state index contributed by atoms with van der Waals surface area (Å²) in [6, 6.07) is 0. The van der Waals surface area contributed by atoms with E-state index >= 15 is 0 Å². The Bertz CT molecular complexity index is 138. The van der Waals surface area contributed by atoms with Crippen molar-refractivity contribution in [1.82, 2.24) is 0 Å². The molecule has 0 heterocycles. The molecule has 0 saturated carbocycles. The summed E-state index contributed by atoms with van der Waals surface area (Å²) in [6.45, 7) is 5.58. The Hall–Kier alpha value is -0.790. The zero-order valence-corrected chi connectivity index (χ0v) is 7.10. The van der Waals surface area contributed by atoms with Crippen molar-refractivity contribution in [3.05, 3.63) is 12.2 Å². The van der Waals surface area contributed by atoms with E-state index in [-0.39, 0.29) is 0 Å². The lowest BCUT2D eigenvalue weighted by Gasteiger charge is -1.98. The quantitative estimate of drug-likeness (QED) is 0.474. The SMILES string of the molecule is C=C(CCCCCC)C(=O)O. The van der Waals surface area contributed by atoms with Gasteiger partial charge in [-0.15, -0.1) is 0 Å². The smallest absolute Gasteiger partial charge is 0.330 e. The van der Waals surface area contributed by atoms with Crippen LogP contribution in [0.1, 0.15) is 39.0 Å². The molecule has 64 valence electrons. The third-order valence-corrected chi connectivity index (χ3v) is 1.63. The van der Waals surface area contributed by atoms with E-state index in [9.17, 15) is 4.79 Å². The largest absolute Gasteiger partial charge is 0.478 e. The standard InChI is InChI=1S/C9H16O2/c1-3-4-5-6-7-8(2)9(10)11/h2-7H2,1H3,(H,10,11). The average Bonchev–Trinajstić information content (AvgIpc) is 1.97. The van der Waals surface area contributed by atoms with Crippen LogP contribution in [0.2, 0.25) is 0 Å². The summed E-state index contributed by atoms with van der Waals surface area (Å²) in [5.41, 5.74) is 0.334. The van der Waals surface area contributed by atoms with Gasteiger partial charge in [0.2, 0.25) is 0 Å². The predicted molar refractivity (Wildman–Crippen MR) is 45.5 cm³/mol. The lowest BCUT2D eigenvalue weighted by molar-refractivity contribution is -0.132. The highest BCUT2D eigenvalue weighted by Crippen LogP contribution is 2.07. The lowest BCUT2D eigenvalue weighted by atomic mass is 10.1. The maximum absolute atomic E-state index is 10.3. The monoisotopic (exact) mass is 156 g/mol. The van der Waals surface area contributed by atoms with Gasteiger partial charge in [0.1, 0.15) is 0 Å². The molecule has 0 atom stereocenters. The molecule has 0 aromatic carbocycles. The van der Waals surface area contributed by atoms with Crippen molar-refractivity contribution in [2.24, 2.45) is 0 Å². The summed E-state index contributed by atoms with van der Waals surface area (Å²) in [5, 5.41) is 8.44. The Morgan fingerprint density at radius 1 is 1.36 bits per heavy atom. The van der Waals surface area contributed by atoms with E-state index in [0.29, 0.717) is 12.0 Å². The van der Waals surface area contributed by atoms with Crippen molar-refractivity contribution < 1.29 is 9.90 Å². The maximum atomic E-state index is 10.3. The third kappa shape index (κ3) is 5.64. The van der Waals surface area contributed by atoms with Crippen LogP contribution in [-0.4, -0.2) is 11.1 Å². The van der Waals surface area contributed by atoms with Gasteiger partial charge in [-0.2, -0.15) is 0 Å². The molecule has 0 aliphatic carbocycles. The highest BCUT2D eigenvalue weighted by molar-refractivity contribution is 5.85. The zero-order valence-electron chi connectivity index (χ0n) is 7.10. The molecule has 0 aliphatic rings. The molecule has 0 aromatic heterocycles. The second-order valence-electron chi connectivity index (χ2n) is 2.72. The van der Waals surface area contributed by atoms with Crippen LogP contribution in [-0.2, 0) is 4.79 Å². The number of aliphatic carboxylic acids is 1. The highest BCUT2D eigenvalue weighted by atomic mass is 16.4. The number of rotatable bonds is 6. The maximum Gasteiger partial charge on any atom is 0.330 e. The normalized spacial score (nSPS) is 9.55. The number of hydrogen-bond donors (Lipinski definition) is 1. The van der Waals surface area contributed by atoms with Crippen molar-refractivity contribution >= 4 is 5.97 Å².